The van der Waals surface area contributed by atoms with E-state index in [0.29, 0.717) is 6.42 Å². The van der Waals surface area contributed by atoms with Gasteiger partial charge in [0.1, 0.15) is 5.75 Å². The Morgan fingerprint density at radius 2 is 1.95 bits per heavy atom. The number of hydrogen-bond donors (Lipinski definition) is 1. The van der Waals surface area contributed by atoms with Crippen LogP contribution in [0, 0.1) is 0 Å². The van der Waals surface area contributed by atoms with Crippen molar-refractivity contribution in [3.63, 3.8) is 0 Å². The number of nitrogens with one attached hydrogen (secondary N) is 1. The van der Waals surface area contributed by atoms with Crippen molar-refractivity contribution in [2.45, 2.75) is 26.4 Å². The zero-order valence-corrected chi connectivity index (χ0v) is 11.0. The number of alkyl halides is 3. The maximum Gasteiger partial charge on any atom is 0.471 e. The van der Waals surface area contributed by atoms with Gasteiger partial charge in [-0.15, -0.1) is 0 Å². The molecule has 0 saturated carbocycles. The summed E-state index contributed by atoms with van der Waals surface area (Å²) in [5, 5.41) is 1.71. The number of anilines is 1. The smallest absolute Gasteiger partial charge is 0.471 e. The lowest BCUT2D eigenvalue weighted by molar-refractivity contribution is -0.167. The van der Waals surface area contributed by atoms with E-state index in [1.807, 2.05) is 6.92 Å². The third kappa shape index (κ3) is 4.25. The Hall–Kier alpha value is -2.05. The Labute approximate surface area is 113 Å². The minimum absolute atomic E-state index is 0.0921. The van der Waals surface area contributed by atoms with Gasteiger partial charge in [0.25, 0.3) is 0 Å². The average Bonchev–Trinajstić information content (AvgIpc) is 2.35. The minimum atomic E-state index is -5.01. The highest BCUT2D eigenvalue weighted by Gasteiger charge is 2.39. The number of halogens is 3. The van der Waals surface area contributed by atoms with Gasteiger partial charge in [0, 0.05) is 5.56 Å². The van der Waals surface area contributed by atoms with Crippen LogP contribution in [0.2, 0.25) is 0 Å². The molecule has 0 fully saturated rings. The molecule has 1 rings (SSSR count). The molecule has 0 atom stereocenters. The first-order chi connectivity index (χ1) is 9.25. The summed E-state index contributed by atoms with van der Waals surface area (Å²) in [5.41, 5.74) is 0.0137. The molecule has 0 aliphatic rings. The standard InChI is InChI=1S/C13H14F3NO3/c1-3-6-20-11-5-4-9(8(2)18)7-10(11)17-12(19)13(14,15)16/h4-5,7H,3,6H2,1-2H3,(H,17,19). The first-order valence-electron chi connectivity index (χ1n) is 5.91. The van der Waals surface area contributed by atoms with Crippen LogP contribution in [-0.4, -0.2) is 24.5 Å². The van der Waals surface area contributed by atoms with Crippen molar-refractivity contribution in [3.05, 3.63) is 23.8 Å². The van der Waals surface area contributed by atoms with Crippen LogP contribution in [0.4, 0.5) is 18.9 Å². The molecule has 0 heterocycles. The minimum Gasteiger partial charge on any atom is -0.491 e. The summed E-state index contributed by atoms with van der Waals surface area (Å²) in [5.74, 6) is -2.34. The van der Waals surface area contributed by atoms with Gasteiger partial charge >= 0.3 is 12.1 Å². The van der Waals surface area contributed by atoms with E-state index < -0.39 is 12.1 Å². The molecule has 7 heteroatoms. The fourth-order valence-corrected chi connectivity index (χ4v) is 1.38. The van der Waals surface area contributed by atoms with Gasteiger partial charge in [0.2, 0.25) is 0 Å². The van der Waals surface area contributed by atoms with Crippen molar-refractivity contribution < 1.29 is 27.5 Å². The molecule has 1 aromatic rings. The molecular weight excluding hydrogens is 275 g/mol. The number of rotatable bonds is 5. The largest absolute Gasteiger partial charge is 0.491 e. The molecule has 1 N–H and O–H groups in total. The average molecular weight is 289 g/mol. The highest BCUT2D eigenvalue weighted by Crippen LogP contribution is 2.28. The highest BCUT2D eigenvalue weighted by atomic mass is 19.4. The third-order valence-corrected chi connectivity index (χ3v) is 2.35. The summed E-state index contributed by atoms with van der Waals surface area (Å²) >= 11 is 0. The maximum atomic E-state index is 12.3. The molecule has 110 valence electrons. The zero-order chi connectivity index (χ0) is 15.3. The van der Waals surface area contributed by atoms with Crippen LogP contribution in [-0.2, 0) is 4.79 Å². The quantitative estimate of drug-likeness (QED) is 0.847. The molecule has 0 aromatic heterocycles. The SMILES string of the molecule is CCCOc1ccc(C(C)=O)cc1NC(=O)C(F)(F)F. The van der Waals surface area contributed by atoms with Crippen molar-refractivity contribution in [2.24, 2.45) is 0 Å². The van der Waals surface area contributed by atoms with E-state index in [9.17, 15) is 22.8 Å². The molecule has 0 aliphatic carbocycles. The van der Waals surface area contributed by atoms with Crippen LogP contribution in [0.15, 0.2) is 18.2 Å². The number of carbonyl (C=O) groups excluding carboxylic acids is 2. The van der Waals surface area contributed by atoms with Gasteiger partial charge in [-0.1, -0.05) is 6.92 Å². The molecule has 20 heavy (non-hydrogen) atoms. The lowest BCUT2D eigenvalue weighted by atomic mass is 10.1. The number of ketones is 1. The normalized spacial score (nSPS) is 11.1. The molecule has 0 bridgehead atoms. The lowest BCUT2D eigenvalue weighted by Gasteiger charge is -2.14. The predicted molar refractivity (Wildman–Crippen MR) is 66.9 cm³/mol. The topological polar surface area (TPSA) is 55.4 Å². The molecule has 4 nitrogen and oxygen atoms in total. The first kappa shape index (κ1) is 16.0. The molecular formula is C13H14F3NO3. The molecule has 1 aromatic carbocycles. The third-order valence-electron chi connectivity index (χ3n) is 2.35. The second-order valence-electron chi connectivity index (χ2n) is 4.07. The summed E-state index contributed by atoms with van der Waals surface area (Å²) < 4.78 is 42.0. The molecule has 0 saturated heterocycles. The Bertz CT molecular complexity index is 512. The lowest BCUT2D eigenvalue weighted by Crippen LogP contribution is -2.30. The summed E-state index contributed by atoms with van der Waals surface area (Å²) in [7, 11) is 0. The molecule has 1 amide bonds. The van der Waals surface area contributed by atoms with E-state index in [1.54, 1.807) is 5.32 Å². The fraction of sp³-hybridized carbons (Fsp3) is 0.385. The number of amides is 1. The van der Waals surface area contributed by atoms with E-state index in [1.165, 1.54) is 19.1 Å². The molecule has 0 unspecified atom stereocenters. The van der Waals surface area contributed by atoms with E-state index in [0.717, 1.165) is 6.07 Å². The van der Waals surface area contributed by atoms with Crippen molar-refractivity contribution in [2.75, 3.05) is 11.9 Å². The zero-order valence-electron chi connectivity index (χ0n) is 11.0. The number of ether oxygens (including phenoxy) is 1. The first-order valence-corrected chi connectivity index (χ1v) is 5.91. The van der Waals surface area contributed by atoms with Crippen LogP contribution in [0.1, 0.15) is 30.6 Å². The number of benzene rings is 1. The second-order valence-corrected chi connectivity index (χ2v) is 4.07. The highest BCUT2D eigenvalue weighted by molar-refractivity contribution is 5.99. The number of hydrogen-bond acceptors (Lipinski definition) is 3. The van der Waals surface area contributed by atoms with Crippen LogP contribution in [0.25, 0.3) is 0 Å². The van der Waals surface area contributed by atoms with Crippen molar-refractivity contribution in [1.29, 1.82) is 0 Å². The van der Waals surface area contributed by atoms with Gasteiger partial charge in [0.05, 0.1) is 12.3 Å². The van der Waals surface area contributed by atoms with Gasteiger partial charge in [-0.3, -0.25) is 9.59 Å². The monoisotopic (exact) mass is 289 g/mol. The van der Waals surface area contributed by atoms with Crippen LogP contribution >= 0.6 is 0 Å². The Morgan fingerprint density at radius 1 is 1.30 bits per heavy atom. The van der Waals surface area contributed by atoms with Crippen LogP contribution in [0.5, 0.6) is 5.75 Å². The Balaban J connectivity index is 3.07. The summed E-state index contributed by atoms with van der Waals surface area (Å²) in [4.78, 5) is 22.2. The van der Waals surface area contributed by atoms with Gasteiger partial charge in [-0.2, -0.15) is 13.2 Å². The fourth-order valence-electron chi connectivity index (χ4n) is 1.38. The van der Waals surface area contributed by atoms with E-state index in [-0.39, 0.29) is 29.4 Å². The summed E-state index contributed by atoms with van der Waals surface area (Å²) in [6, 6.07) is 3.95. The van der Waals surface area contributed by atoms with Crippen LogP contribution in [0.3, 0.4) is 0 Å². The molecule has 0 spiro atoms. The van der Waals surface area contributed by atoms with Gasteiger partial charge in [-0.25, -0.2) is 0 Å². The van der Waals surface area contributed by atoms with Gasteiger partial charge in [-0.05, 0) is 31.5 Å². The second kappa shape index (κ2) is 6.40. The number of Topliss-reactive ketones (excluding diaryl/α,β-unsaturated/α-hetero) is 1. The van der Waals surface area contributed by atoms with Gasteiger partial charge < -0.3 is 10.1 Å². The maximum absolute atomic E-state index is 12.3. The summed E-state index contributed by atoms with van der Waals surface area (Å²) in [6.07, 6.45) is -4.35. The van der Waals surface area contributed by atoms with Crippen molar-refractivity contribution >= 4 is 17.4 Å². The molecule has 0 radical (unpaired) electrons. The van der Waals surface area contributed by atoms with Crippen LogP contribution < -0.4 is 10.1 Å². The van der Waals surface area contributed by atoms with E-state index >= 15 is 0 Å². The van der Waals surface area contributed by atoms with Crippen molar-refractivity contribution in [1.82, 2.24) is 0 Å². The van der Waals surface area contributed by atoms with Gasteiger partial charge in [0.15, 0.2) is 5.78 Å². The predicted octanol–water partition coefficient (Wildman–Crippen LogP) is 3.18. The molecule has 0 aliphatic heterocycles. The summed E-state index contributed by atoms with van der Waals surface area (Å²) in [6.45, 7) is 3.39. The Morgan fingerprint density at radius 3 is 2.45 bits per heavy atom. The Kier molecular flexibility index (Phi) is 5.12. The number of carbonyl (C=O) groups is 2. The van der Waals surface area contributed by atoms with E-state index in [4.69, 9.17) is 4.74 Å². The van der Waals surface area contributed by atoms with Crippen molar-refractivity contribution in [3.8, 4) is 5.75 Å². The van der Waals surface area contributed by atoms with E-state index in [2.05, 4.69) is 0 Å².